The summed E-state index contributed by atoms with van der Waals surface area (Å²) in [5, 5.41) is 0. The Hall–Kier alpha value is -0.740. The molecule has 4 heteroatoms. The van der Waals surface area contributed by atoms with Crippen molar-refractivity contribution in [2.24, 2.45) is 5.73 Å². The third-order valence-electron chi connectivity index (χ3n) is 1.60. The van der Waals surface area contributed by atoms with Gasteiger partial charge < -0.3 is 5.73 Å². The Morgan fingerprint density at radius 1 is 1.54 bits per heavy atom. The maximum Gasteiger partial charge on any atom is 0.0501 e. The van der Waals surface area contributed by atoms with E-state index in [1.165, 1.54) is 0 Å². The Kier molecular flexibility index (Phi) is 4.05. The number of hydrogen-bond acceptors (Lipinski definition) is 3. The maximum absolute atomic E-state index is 11.3. The average Bonchev–Trinajstić information content (AvgIpc) is 2.04. The highest BCUT2D eigenvalue weighted by molar-refractivity contribution is 7.84. The molecule has 13 heavy (non-hydrogen) atoms. The van der Waals surface area contributed by atoms with Gasteiger partial charge in [0.25, 0.3) is 0 Å². The van der Waals surface area contributed by atoms with Gasteiger partial charge in [-0.1, -0.05) is 6.07 Å². The fourth-order valence-electron chi connectivity index (χ4n) is 1.09. The molecular formula is C9H14N2OS. The van der Waals surface area contributed by atoms with E-state index in [9.17, 15) is 4.21 Å². The van der Waals surface area contributed by atoms with Gasteiger partial charge in [-0.05, 0) is 18.1 Å². The standard InChI is InChI=1S/C9H14N2OS/c1-8-4-9(6-11-5-8)7-13(12)3-2-10/h4-6H,2-3,7,10H2,1H3. The number of nitrogens with two attached hydrogens (primary N) is 1. The Morgan fingerprint density at radius 2 is 2.31 bits per heavy atom. The molecule has 1 rings (SSSR count). The molecule has 0 spiro atoms. The second kappa shape index (κ2) is 5.09. The van der Waals surface area contributed by atoms with Crippen molar-refractivity contribution in [2.75, 3.05) is 12.3 Å². The molecule has 0 bridgehead atoms. The number of pyridine rings is 1. The first-order valence-corrected chi connectivity index (χ1v) is 5.66. The zero-order valence-electron chi connectivity index (χ0n) is 7.69. The summed E-state index contributed by atoms with van der Waals surface area (Å²) in [6.45, 7) is 2.45. The van der Waals surface area contributed by atoms with Crippen molar-refractivity contribution in [2.45, 2.75) is 12.7 Å². The number of aromatic nitrogens is 1. The van der Waals surface area contributed by atoms with Crippen molar-refractivity contribution in [3.63, 3.8) is 0 Å². The van der Waals surface area contributed by atoms with Crippen LogP contribution in [-0.4, -0.2) is 21.5 Å². The van der Waals surface area contributed by atoms with E-state index in [4.69, 9.17) is 5.73 Å². The van der Waals surface area contributed by atoms with Crippen LogP contribution in [0.25, 0.3) is 0 Å². The van der Waals surface area contributed by atoms with E-state index in [0.29, 0.717) is 18.1 Å². The zero-order valence-corrected chi connectivity index (χ0v) is 8.51. The summed E-state index contributed by atoms with van der Waals surface area (Å²) in [7, 11) is -0.844. The summed E-state index contributed by atoms with van der Waals surface area (Å²) >= 11 is 0. The maximum atomic E-state index is 11.3. The van der Waals surface area contributed by atoms with Crippen molar-refractivity contribution in [1.29, 1.82) is 0 Å². The number of hydrogen-bond donors (Lipinski definition) is 1. The van der Waals surface area contributed by atoms with Crippen molar-refractivity contribution < 1.29 is 4.21 Å². The average molecular weight is 198 g/mol. The SMILES string of the molecule is Cc1cncc(CS(=O)CCN)c1. The first-order chi connectivity index (χ1) is 6.22. The number of rotatable bonds is 4. The summed E-state index contributed by atoms with van der Waals surface area (Å²) in [4.78, 5) is 4.03. The number of nitrogens with zero attached hydrogens (tertiary/aromatic N) is 1. The number of aryl methyl sites for hydroxylation is 1. The molecule has 0 aliphatic heterocycles. The summed E-state index contributed by atoms with van der Waals surface area (Å²) in [6.07, 6.45) is 3.54. The van der Waals surface area contributed by atoms with Crippen LogP contribution in [0.1, 0.15) is 11.1 Å². The van der Waals surface area contributed by atoms with Crippen LogP contribution in [0.2, 0.25) is 0 Å². The molecular weight excluding hydrogens is 184 g/mol. The molecule has 1 unspecified atom stereocenters. The smallest absolute Gasteiger partial charge is 0.0501 e. The molecule has 1 atom stereocenters. The van der Waals surface area contributed by atoms with Gasteiger partial charge in [0.1, 0.15) is 0 Å². The summed E-state index contributed by atoms with van der Waals surface area (Å²) in [5.74, 6) is 1.12. The van der Waals surface area contributed by atoms with Crippen LogP contribution >= 0.6 is 0 Å². The molecule has 0 saturated heterocycles. The van der Waals surface area contributed by atoms with Gasteiger partial charge in [-0.2, -0.15) is 0 Å². The highest BCUT2D eigenvalue weighted by Crippen LogP contribution is 2.04. The van der Waals surface area contributed by atoms with Gasteiger partial charge in [0.2, 0.25) is 0 Å². The van der Waals surface area contributed by atoms with E-state index >= 15 is 0 Å². The van der Waals surface area contributed by atoms with Gasteiger partial charge in [-0.3, -0.25) is 9.19 Å². The summed E-state index contributed by atoms with van der Waals surface area (Å²) in [5.41, 5.74) is 7.42. The van der Waals surface area contributed by atoms with Crippen molar-refractivity contribution >= 4 is 10.8 Å². The van der Waals surface area contributed by atoms with Crippen LogP contribution in [0, 0.1) is 6.92 Å². The molecule has 2 N–H and O–H groups in total. The lowest BCUT2D eigenvalue weighted by Gasteiger charge is -2.01. The van der Waals surface area contributed by atoms with Crippen LogP contribution in [0.5, 0.6) is 0 Å². The Morgan fingerprint density at radius 3 is 2.92 bits per heavy atom. The predicted molar refractivity (Wildman–Crippen MR) is 54.7 cm³/mol. The fourth-order valence-corrected chi connectivity index (χ4v) is 2.02. The van der Waals surface area contributed by atoms with Crippen LogP contribution in [0.15, 0.2) is 18.5 Å². The van der Waals surface area contributed by atoms with E-state index in [0.717, 1.165) is 11.1 Å². The Balaban J connectivity index is 2.58. The lowest BCUT2D eigenvalue weighted by molar-refractivity contribution is 0.682. The molecule has 1 heterocycles. The first-order valence-electron chi connectivity index (χ1n) is 4.18. The largest absolute Gasteiger partial charge is 0.330 e. The molecule has 0 aliphatic rings. The van der Waals surface area contributed by atoms with Gasteiger partial charge in [0.15, 0.2) is 0 Å². The molecule has 0 aromatic carbocycles. The van der Waals surface area contributed by atoms with E-state index in [1.807, 2.05) is 13.0 Å². The van der Waals surface area contributed by atoms with Crippen LogP contribution in [0.3, 0.4) is 0 Å². The first kappa shape index (κ1) is 10.3. The van der Waals surface area contributed by atoms with Crippen LogP contribution in [-0.2, 0) is 16.6 Å². The second-order valence-corrected chi connectivity index (χ2v) is 4.52. The molecule has 3 nitrogen and oxygen atoms in total. The quantitative estimate of drug-likeness (QED) is 0.770. The minimum atomic E-state index is -0.844. The second-order valence-electron chi connectivity index (χ2n) is 2.95. The third-order valence-corrected chi connectivity index (χ3v) is 2.95. The zero-order chi connectivity index (χ0) is 9.68. The van der Waals surface area contributed by atoms with E-state index in [2.05, 4.69) is 4.98 Å². The van der Waals surface area contributed by atoms with Crippen molar-refractivity contribution in [3.8, 4) is 0 Å². The van der Waals surface area contributed by atoms with Crippen LogP contribution < -0.4 is 5.73 Å². The van der Waals surface area contributed by atoms with Crippen molar-refractivity contribution in [3.05, 3.63) is 29.6 Å². The molecule has 0 aliphatic carbocycles. The summed E-state index contributed by atoms with van der Waals surface area (Å²) in [6, 6.07) is 2.00. The van der Waals surface area contributed by atoms with Gasteiger partial charge in [0.05, 0.1) is 5.75 Å². The Labute approximate surface area is 80.8 Å². The third kappa shape index (κ3) is 3.65. The monoisotopic (exact) mass is 198 g/mol. The molecule has 0 saturated carbocycles. The molecule has 0 amide bonds. The van der Waals surface area contributed by atoms with Crippen LogP contribution in [0.4, 0.5) is 0 Å². The minimum Gasteiger partial charge on any atom is -0.330 e. The van der Waals surface area contributed by atoms with Gasteiger partial charge >= 0.3 is 0 Å². The normalized spacial score (nSPS) is 12.8. The van der Waals surface area contributed by atoms with E-state index in [1.54, 1.807) is 12.4 Å². The predicted octanol–water partition coefficient (Wildman–Crippen LogP) is 0.597. The highest BCUT2D eigenvalue weighted by Gasteiger charge is 2.00. The lowest BCUT2D eigenvalue weighted by Crippen LogP contribution is -2.11. The van der Waals surface area contributed by atoms with E-state index < -0.39 is 10.8 Å². The molecule has 1 aromatic rings. The summed E-state index contributed by atoms with van der Waals surface area (Å²) < 4.78 is 11.3. The molecule has 0 radical (unpaired) electrons. The van der Waals surface area contributed by atoms with Gasteiger partial charge in [0, 0.05) is 35.5 Å². The molecule has 72 valence electrons. The fraction of sp³-hybridized carbons (Fsp3) is 0.444. The van der Waals surface area contributed by atoms with Crippen molar-refractivity contribution in [1.82, 2.24) is 4.98 Å². The van der Waals surface area contributed by atoms with E-state index in [-0.39, 0.29) is 0 Å². The molecule has 1 aromatic heterocycles. The Bertz CT molecular complexity index is 301. The molecule has 0 fully saturated rings. The van der Waals surface area contributed by atoms with Gasteiger partial charge in [-0.25, -0.2) is 0 Å². The lowest BCUT2D eigenvalue weighted by atomic mass is 10.2. The highest BCUT2D eigenvalue weighted by atomic mass is 32.2. The minimum absolute atomic E-state index is 0.478. The topological polar surface area (TPSA) is 56.0 Å². The van der Waals surface area contributed by atoms with Gasteiger partial charge in [-0.15, -0.1) is 0 Å².